The van der Waals surface area contributed by atoms with Gasteiger partial charge in [-0.1, -0.05) is 48.0 Å². The molecular weight excluding hydrogens is 368 g/mol. The SMILES string of the molecule is CC(OC(=O)c1cc(=O)[nH]c2ccccc12)C(=O)NCc1ccccc1Cl. The molecule has 0 bridgehead atoms. The smallest absolute Gasteiger partial charge is 0.339 e. The molecule has 3 rings (SSSR count). The van der Waals surface area contributed by atoms with E-state index >= 15 is 0 Å². The first-order valence-electron chi connectivity index (χ1n) is 8.30. The van der Waals surface area contributed by atoms with E-state index in [2.05, 4.69) is 10.3 Å². The standard InChI is InChI=1S/C20H17ClN2O4/c1-12(19(25)22-11-13-6-2-4-8-16(13)21)27-20(26)15-10-18(24)23-17-9-5-3-7-14(15)17/h2-10,12H,11H2,1H3,(H,22,25)(H,23,24). The number of aromatic amines is 1. The summed E-state index contributed by atoms with van der Waals surface area (Å²) in [6.45, 7) is 1.68. The van der Waals surface area contributed by atoms with Crippen molar-refractivity contribution in [3.05, 3.63) is 81.1 Å². The van der Waals surface area contributed by atoms with E-state index in [1.54, 1.807) is 42.5 Å². The first-order chi connectivity index (χ1) is 13.0. The monoisotopic (exact) mass is 384 g/mol. The molecule has 1 unspecified atom stereocenters. The van der Waals surface area contributed by atoms with E-state index < -0.39 is 23.5 Å². The molecule has 0 aliphatic heterocycles. The first-order valence-corrected chi connectivity index (χ1v) is 8.67. The zero-order valence-corrected chi connectivity index (χ0v) is 15.2. The van der Waals surface area contributed by atoms with Crippen molar-refractivity contribution in [1.82, 2.24) is 10.3 Å². The van der Waals surface area contributed by atoms with Crippen molar-refractivity contribution in [2.75, 3.05) is 0 Å². The summed E-state index contributed by atoms with van der Waals surface area (Å²) in [5.74, 6) is -1.20. The van der Waals surface area contributed by atoms with E-state index in [0.717, 1.165) is 5.56 Å². The molecule has 1 aromatic heterocycles. The van der Waals surface area contributed by atoms with Crippen LogP contribution in [0.3, 0.4) is 0 Å². The Balaban J connectivity index is 1.70. The fourth-order valence-corrected chi connectivity index (χ4v) is 2.82. The van der Waals surface area contributed by atoms with Gasteiger partial charge in [0.1, 0.15) is 0 Å². The number of hydrogen-bond donors (Lipinski definition) is 2. The predicted octanol–water partition coefficient (Wildman–Crippen LogP) is 3.04. The molecule has 1 amide bonds. The van der Waals surface area contributed by atoms with Crippen LogP contribution < -0.4 is 10.9 Å². The molecule has 2 aromatic carbocycles. The van der Waals surface area contributed by atoms with Gasteiger partial charge in [0, 0.05) is 28.5 Å². The molecule has 0 fully saturated rings. The molecule has 0 saturated carbocycles. The minimum atomic E-state index is -1.03. The Morgan fingerprint density at radius 3 is 2.63 bits per heavy atom. The van der Waals surface area contributed by atoms with Gasteiger partial charge in [-0.3, -0.25) is 9.59 Å². The number of amides is 1. The van der Waals surface area contributed by atoms with Gasteiger partial charge in [-0.2, -0.15) is 0 Å². The Morgan fingerprint density at radius 1 is 1.15 bits per heavy atom. The van der Waals surface area contributed by atoms with E-state index in [9.17, 15) is 14.4 Å². The average molecular weight is 385 g/mol. The zero-order chi connectivity index (χ0) is 19.4. The molecule has 0 saturated heterocycles. The van der Waals surface area contributed by atoms with Crippen LogP contribution in [0.25, 0.3) is 10.9 Å². The molecule has 0 aliphatic rings. The van der Waals surface area contributed by atoms with Crippen molar-refractivity contribution in [3.8, 4) is 0 Å². The minimum Gasteiger partial charge on any atom is -0.449 e. The molecule has 2 N–H and O–H groups in total. The fourth-order valence-electron chi connectivity index (χ4n) is 2.62. The van der Waals surface area contributed by atoms with Crippen molar-refractivity contribution < 1.29 is 14.3 Å². The number of para-hydroxylation sites is 1. The van der Waals surface area contributed by atoms with Gasteiger partial charge in [-0.15, -0.1) is 0 Å². The van der Waals surface area contributed by atoms with E-state index in [1.807, 2.05) is 6.07 Å². The summed E-state index contributed by atoms with van der Waals surface area (Å²) in [4.78, 5) is 39.1. The predicted molar refractivity (Wildman–Crippen MR) is 103 cm³/mol. The van der Waals surface area contributed by atoms with Crippen LogP contribution in [0, 0.1) is 0 Å². The van der Waals surface area contributed by atoms with E-state index in [0.29, 0.717) is 15.9 Å². The van der Waals surface area contributed by atoms with Crippen molar-refractivity contribution in [2.45, 2.75) is 19.6 Å². The number of aromatic nitrogens is 1. The van der Waals surface area contributed by atoms with Gasteiger partial charge in [0.15, 0.2) is 6.10 Å². The maximum atomic E-state index is 12.5. The number of H-pyrrole nitrogens is 1. The van der Waals surface area contributed by atoms with E-state index in [-0.39, 0.29) is 12.1 Å². The van der Waals surface area contributed by atoms with Crippen molar-refractivity contribution in [3.63, 3.8) is 0 Å². The van der Waals surface area contributed by atoms with Crippen molar-refractivity contribution in [2.24, 2.45) is 0 Å². The molecule has 138 valence electrons. The molecule has 1 atom stereocenters. The van der Waals surface area contributed by atoms with Crippen LogP contribution in [-0.4, -0.2) is 23.0 Å². The molecule has 6 nitrogen and oxygen atoms in total. The number of halogens is 1. The first kappa shape index (κ1) is 18.7. The number of pyridine rings is 1. The second-order valence-corrected chi connectivity index (χ2v) is 6.36. The largest absolute Gasteiger partial charge is 0.449 e. The van der Waals surface area contributed by atoms with Crippen LogP contribution in [-0.2, 0) is 16.1 Å². The summed E-state index contributed by atoms with van der Waals surface area (Å²) in [6, 6.07) is 15.2. The number of carbonyl (C=O) groups is 2. The maximum absolute atomic E-state index is 12.5. The lowest BCUT2D eigenvalue weighted by Gasteiger charge is -2.14. The Labute approximate surface area is 160 Å². The highest BCUT2D eigenvalue weighted by Gasteiger charge is 2.21. The number of ether oxygens (including phenoxy) is 1. The third-order valence-corrected chi connectivity index (χ3v) is 4.40. The zero-order valence-electron chi connectivity index (χ0n) is 14.5. The topological polar surface area (TPSA) is 88.3 Å². The summed E-state index contributed by atoms with van der Waals surface area (Å²) in [6.07, 6.45) is -1.03. The van der Waals surface area contributed by atoms with Gasteiger partial charge < -0.3 is 15.0 Å². The molecule has 0 spiro atoms. The van der Waals surface area contributed by atoms with Crippen molar-refractivity contribution in [1.29, 1.82) is 0 Å². The number of benzene rings is 2. The molecule has 27 heavy (non-hydrogen) atoms. The third-order valence-electron chi connectivity index (χ3n) is 4.03. The van der Waals surface area contributed by atoms with Crippen LogP contribution in [0.15, 0.2) is 59.4 Å². The molecule has 0 aliphatic carbocycles. The van der Waals surface area contributed by atoms with Gasteiger partial charge in [0.05, 0.1) is 5.56 Å². The van der Waals surface area contributed by atoms with Crippen molar-refractivity contribution >= 4 is 34.4 Å². The number of nitrogens with one attached hydrogen (secondary N) is 2. The number of hydrogen-bond acceptors (Lipinski definition) is 4. The van der Waals surface area contributed by atoms with Gasteiger partial charge >= 0.3 is 5.97 Å². The quantitative estimate of drug-likeness (QED) is 0.662. The van der Waals surface area contributed by atoms with E-state index in [1.165, 1.54) is 13.0 Å². The lowest BCUT2D eigenvalue weighted by Crippen LogP contribution is -2.35. The second-order valence-electron chi connectivity index (χ2n) is 5.95. The molecule has 7 heteroatoms. The van der Waals surface area contributed by atoms with Crippen LogP contribution >= 0.6 is 11.6 Å². The van der Waals surface area contributed by atoms with Gasteiger partial charge in [-0.25, -0.2) is 4.79 Å². The molecule has 1 heterocycles. The highest BCUT2D eigenvalue weighted by molar-refractivity contribution is 6.31. The lowest BCUT2D eigenvalue weighted by atomic mass is 10.1. The normalized spacial score (nSPS) is 11.8. The van der Waals surface area contributed by atoms with Gasteiger partial charge in [-0.05, 0) is 24.6 Å². The van der Waals surface area contributed by atoms with Crippen LogP contribution in [0.1, 0.15) is 22.8 Å². The number of rotatable bonds is 5. The van der Waals surface area contributed by atoms with Crippen LogP contribution in [0.5, 0.6) is 0 Å². The van der Waals surface area contributed by atoms with Gasteiger partial charge in [0.2, 0.25) is 5.56 Å². The Kier molecular flexibility index (Phi) is 5.57. The molecule has 0 radical (unpaired) electrons. The van der Waals surface area contributed by atoms with Crippen LogP contribution in [0.4, 0.5) is 0 Å². The van der Waals surface area contributed by atoms with Crippen LogP contribution in [0.2, 0.25) is 5.02 Å². The minimum absolute atomic E-state index is 0.111. The van der Waals surface area contributed by atoms with Gasteiger partial charge in [0.25, 0.3) is 5.91 Å². The second kappa shape index (κ2) is 8.05. The summed E-state index contributed by atoms with van der Waals surface area (Å²) >= 11 is 6.05. The van der Waals surface area contributed by atoms with E-state index in [4.69, 9.17) is 16.3 Å². The maximum Gasteiger partial charge on any atom is 0.339 e. The fraction of sp³-hybridized carbons (Fsp3) is 0.150. The average Bonchev–Trinajstić information content (AvgIpc) is 2.66. The number of fused-ring (bicyclic) bond motifs is 1. The Bertz CT molecular complexity index is 1060. The summed E-state index contributed by atoms with van der Waals surface area (Å²) in [5.41, 5.74) is 0.969. The summed E-state index contributed by atoms with van der Waals surface area (Å²) in [5, 5.41) is 3.76. The number of carbonyl (C=O) groups excluding carboxylic acids is 2. The summed E-state index contributed by atoms with van der Waals surface area (Å²) < 4.78 is 5.24. The lowest BCUT2D eigenvalue weighted by molar-refractivity contribution is -0.129. The highest BCUT2D eigenvalue weighted by atomic mass is 35.5. The molecular formula is C20H17ClN2O4. The number of esters is 1. The Morgan fingerprint density at radius 2 is 1.85 bits per heavy atom. The highest BCUT2D eigenvalue weighted by Crippen LogP contribution is 2.17. The third kappa shape index (κ3) is 4.35. The Hall–Kier alpha value is -3.12. The molecule has 3 aromatic rings. The summed E-state index contributed by atoms with van der Waals surface area (Å²) in [7, 11) is 0.